The first-order chi connectivity index (χ1) is 9.92. The van der Waals surface area contributed by atoms with Crippen LogP contribution >= 0.6 is 11.3 Å². The highest BCUT2D eigenvalue weighted by molar-refractivity contribution is 7.17. The van der Waals surface area contributed by atoms with Gasteiger partial charge in [0, 0.05) is 12.5 Å². The van der Waals surface area contributed by atoms with Gasteiger partial charge in [-0.2, -0.15) is 0 Å². The fraction of sp³-hybridized carbons (Fsp3) is 0.267. The Labute approximate surface area is 127 Å². The molecule has 0 unspecified atom stereocenters. The molecule has 2 rings (SSSR count). The van der Waals surface area contributed by atoms with Crippen molar-refractivity contribution in [2.24, 2.45) is 0 Å². The molecule has 0 spiro atoms. The van der Waals surface area contributed by atoms with Crippen LogP contribution in [0.2, 0.25) is 0 Å². The van der Waals surface area contributed by atoms with E-state index in [1.54, 1.807) is 19.2 Å². The summed E-state index contributed by atoms with van der Waals surface area (Å²) >= 11 is 1.16. The minimum Gasteiger partial charge on any atom is -0.496 e. The molecule has 1 heterocycles. The van der Waals surface area contributed by atoms with E-state index < -0.39 is 0 Å². The number of methoxy groups -OCH3 is 1. The van der Waals surface area contributed by atoms with E-state index in [1.807, 2.05) is 13.8 Å². The van der Waals surface area contributed by atoms with Crippen molar-refractivity contribution in [1.82, 2.24) is 4.98 Å². The number of aryl methyl sites for hydroxylation is 1. The summed E-state index contributed by atoms with van der Waals surface area (Å²) in [6.45, 7) is 5.33. The first-order valence-corrected chi connectivity index (χ1v) is 7.17. The Morgan fingerprint density at radius 1 is 1.29 bits per heavy atom. The fourth-order valence-electron chi connectivity index (χ4n) is 1.83. The van der Waals surface area contributed by atoms with E-state index in [0.717, 1.165) is 22.5 Å². The molecule has 6 heteroatoms. The molecule has 0 radical (unpaired) electrons. The molecular weight excluding hydrogens is 288 g/mol. The third-order valence-electron chi connectivity index (χ3n) is 3.17. The molecule has 0 saturated carbocycles. The molecule has 1 N–H and O–H groups in total. The third kappa shape index (κ3) is 3.28. The Balaban J connectivity index is 2.23. The summed E-state index contributed by atoms with van der Waals surface area (Å²) in [6, 6.07) is 3.49. The zero-order valence-corrected chi connectivity index (χ0v) is 13.1. The summed E-state index contributed by atoms with van der Waals surface area (Å²) in [5, 5.41) is 3.10. The van der Waals surface area contributed by atoms with Gasteiger partial charge in [0.25, 0.3) is 5.91 Å². The lowest BCUT2D eigenvalue weighted by molar-refractivity contribution is 0.101. The van der Waals surface area contributed by atoms with Crippen LogP contribution in [-0.4, -0.2) is 23.8 Å². The Morgan fingerprint density at radius 3 is 2.57 bits per heavy atom. The molecule has 0 aliphatic heterocycles. The average molecular weight is 304 g/mol. The topological polar surface area (TPSA) is 68.3 Å². The third-order valence-corrected chi connectivity index (χ3v) is 4.19. The van der Waals surface area contributed by atoms with E-state index in [0.29, 0.717) is 21.3 Å². The number of nitrogens with zero attached hydrogens (tertiary/aromatic N) is 1. The number of Topliss-reactive ketones (excluding diaryl/α,β-unsaturated/α-hetero) is 1. The number of amides is 1. The molecule has 21 heavy (non-hydrogen) atoms. The number of benzene rings is 1. The molecule has 5 nitrogen and oxygen atoms in total. The molecule has 0 bridgehead atoms. The maximum absolute atomic E-state index is 12.2. The standard InChI is InChI=1S/C15H16N2O3S/c1-8-5-11(6-12(20-4)9(8)2)14(19)17-15-16-7-13(21-15)10(3)18/h5-7H,1-4H3,(H,16,17,19). The van der Waals surface area contributed by atoms with Crippen LogP contribution in [0, 0.1) is 13.8 Å². The van der Waals surface area contributed by atoms with Crippen molar-refractivity contribution in [2.75, 3.05) is 12.4 Å². The zero-order chi connectivity index (χ0) is 15.6. The highest BCUT2D eigenvalue weighted by Crippen LogP contribution is 2.24. The van der Waals surface area contributed by atoms with Crippen LogP contribution in [0.4, 0.5) is 5.13 Å². The minimum atomic E-state index is -0.277. The van der Waals surface area contributed by atoms with Gasteiger partial charge in [-0.1, -0.05) is 11.3 Å². The number of thiazole rings is 1. The van der Waals surface area contributed by atoms with Gasteiger partial charge in [0.05, 0.1) is 18.2 Å². The second-order valence-corrected chi connectivity index (χ2v) is 5.69. The Kier molecular flexibility index (Phi) is 4.37. The van der Waals surface area contributed by atoms with Crippen LogP contribution in [0.15, 0.2) is 18.3 Å². The Bertz CT molecular complexity index is 707. The summed E-state index contributed by atoms with van der Waals surface area (Å²) in [5.41, 5.74) is 2.47. The number of rotatable bonds is 4. The molecule has 0 aliphatic carbocycles. The Morgan fingerprint density at radius 2 is 2.00 bits per heavy atom. The van der Waals surface area contributed by atoms with E-state index in [1.165, 1.54) is 13.1 Å². The predicted octanol–water partition coefficient (Wildman–Crippen LogP) is 3.22. The molecule has 2 aromatic rings. The predicted molar refractivity (Wildman–Crippen MR) is 82.5 cm³/mol. The molecular formula is C15H16N2O3S. The van der Waals surface area contributed by atoms with Crippen molar-refractivity contribution in [2.45, 2.75) is 20.8 Å². The van der Waals surface area contributed by atoms with Crippen LogP contribution in [0.5, 0.6) is 5.75 Å². The fourth-order valence-corrected chi connectivity index (χ4v) is 2.54. The lowest BCUT2D eigenvalue weighted by atomic mass is 10.0. The van der Waals surface area contributed by atoms with Gasteiger partial charge in [-0.25, -0.2) is 4.98 Å². The van der Waals surface area contributed by atoms with Crippen LogP contribution in [-0.2, 0) is 0 Å². The van der Waals surface area contributed by atoms with E-state index in [-0.39, 0.29) is 11.7 Å². The van der Waals surface area contributed by atoms with Crippen molar-refractivity contribution >= 4 is 28.2 Å². The SMILES string of the molecule is COc1cc(C(=O)Nc2ncc(C(C)=O)s2)cc(C)c1C. The first kappa shape index (κ1) is 15.2. The van der Waals surface area contributed by atoms with E-state index >= 15 is 0 Å². The lowest BCUT2D eigenvalue weighted by Gasteiger charge is -2.10. The summed E-state index contributed by atoms with van der Waals surface area (Å²) in [6.07, 6.45) is 1.46. The van der Waals surface area contributed by atoms with Gasteiger partial charge in [0.2, 0.25) is 0 Å². The lowest BCUT2D eigenvalue weighted by Crippen LogP contribution is -2.12. The number of carbonyl (C=O) groups excluding carboxylic acids is 2. The zero-order valence-electron chi connectivity index (χ0n) is 12.3. The molecule has 0 aliphatic rings. The van der Waals surface area contributed by atoms with E-state index in [9.17, 15) is 9.59 Å². The quantitative estimate of drug-likeness (QED) is 0.881. The van der Waals surface area contributed by atoms with Crippen molar-refractivity contribution in [3.8, 4) is 5.75 Å². The molecule has 0 saturated heterocycles. The van der Waals surface area contributed by atoms with Crippen molar-refractivity contribution in [3.05, 3.63) is 39.9 Å². The summed E-state index contributed by atoms with van der Waals surface area (Å²) < 4.78 is 5.26. The molecule has 1 aromatic heterocycles. The highest BCUT2D eigenvalue weighted by Gasteiger charge is 2.13. The number of aromatic nitrogens is 1. The van der Waals surface area contributed by atoms with Crippen LogP contribution in [0.3, 0.4) is 0 Å². The highest BCUT2D eigenvalue weighted by atomic mass is 32.1. The molecule has 1 aromatic carbocycles. The van der Waals surface area contributed by atoms with Gasteiger partial charge in [-0.15, -0.1) is 0 Å². The number of nitrogens with one attached hydrogen (secondary N) is 1. The average Bonchev–Trinajstić information content (AvgIpc) is 2.90. The largest absolute Gasteiger partial charge is 0.496 e. The molecule has 0 atom stereocenters. The van der Waals surface area contributed by atoms with Gasteiger partial charge in [-0.05, 0) is 37.1 Å². The van der Waals surface area contributed by atoms with Gasteiger partial charge in [-0.3, -0.25) is 14.9 Å². The summed E-state index contributed by atoms with van der Waals surface area (Å²) in [5.74, 6) is 0.324. The van der Waals surface area contributed by atoms with Gasteiger partial charge < -0.3 is 4.74 Å². The number of hydrogen-bond acceptors (Lipinski definition) is 5. The van der Waals surface area contributed by atoms with Crippen molar-refractivity contribution < 1.29 is 14.3 Å². The van der Waals surface area contributed by atoms with Crippen LogP contribution in [0.25, 0.3) is 0 Å². The minimum absolute atomic E-state index is 0.0687. The molecule has 110 valence electrons. The smallest absolute Gasteiger partial charge is 0.257 e. The monoisotopic (exact) mass is 304 g/mol. The number of ether oxygens (including phenoxy) is 1. The first-order valence-electron chi connectivity index (χ1n) is 6.35. The van der Waals surface area contributed by atoms with Crippen molar-refractivity contribution in [1.29, 1.82) is 0 Å². The number of ketones is 1. The normalized spacial score (nSPS) is 10.3. The van der Waals surface area contributed by atoms with E-state index in [2.05, 4.69) is 10.3 Å². The maximum Gasteiger partial charge on any atom is 0.257 e. The molecule has 1 amide bonds. The maximum atomic E-state index is 12.2. The second kappa shape index (κ2) is 6.05. The van der Waals surface area contributed by atoms with Crippen LogP contribution < -0.4 is 10.1 Å². The van der Waals surface area contributed by atoms with Crippen LogP contribution in [0.1, 0.15) is 38.1 Å². The van der Waals surface area contributed by atoms with Gasteiger partial charge >= 0.3 is 0 Å². The number of carbonyl (C=O) groups is 2. The number of hydrogen-bond donors (Lipinski definition) is 1. The Hall–Kier alpha value is -2.21. The van der Waals surface area contributed by atoms with E-state index in [4.69, 9.17) is 4.74 Å². The van der Waals surface area contributed by atoms with Gasteiger partial charge in [0.1, 0.15) is 5.75 Å². The summed E-state index contributed by atoms with van der Waals surface area (Å²) in [7, 11) is 1.57. The summed E-state index contributed by atoms with van der Waals surface area (Å²) in [4.78, 5) is 28.0. The second-order valence-electron chi connectivity index (χ2n) is 4.66. The molecule has 0 fully saturated rings. The number of anilines is 1. The van der Waals surface area contributed by atoms with Crippen molar-refractivity contribution in [3.63, 3.8) is 0 Å². The van der Waals surface area contributed by atoms with Gasteiger partial charge in [0.15, 0.2) is 10.9 Å².